The Hall–Kier alpha value is -1.31. The summed E-state index contributed by atoms with van der Waals surface area (Å²) in [6, 6.07) is 10.1. The summed E-state index contributed by atoms with van der Waals surface area (Å²) in [6.45, 7) is 1.82. The molecule has 1 amide bonds. The molecule has 0 atom stereocenters. The SMILES string of the molecule is CCC(=O)Nc1c[c]ccc1. The minimum absolute atomic E-state index is 0.0320. The number of benzene rings is 1. The van der Waals surface area contributed by atoms with Gasteiger partial charge in [-0.05, 0) is 18.2 Å². The Morgan fingerprint density at radius 1 is 1.73 bits per heavy atom. The zero-order valence-electron chi connectivity index (χ0n) is 6.42. The Morgan fingerprint density at radius 3 is 3.09 bits per heavy atom. The molecule has 2 nitrogen and oxygen atoms in total. The van der Waals surface area contributed by atoms with E-state index in [4.69, 9.17) is 0 Å². The Morgan fingerprint density at radius 2 is 2.55 bits per heavy atom. The van der Waals surface area contributed by atoms with E-state index in [-0.39, 0.29) is 5.91 Å². The first-order valence-electron chi connectivity index (χ1n) is 3.59. The highest BCUT2D eigenvalue weighted by atomic mass is 16.1. The van der Waals surface area contributed by atoms with Crippen LogP contribution in [0, 0.1) is 6.07 Å². The Balaban J connectivity index is 2.58. The van der Waals surface area contributed by atoms with Gasteiger partial charge in [0.05, 0.1) is 0 Å². The number of rotatable bonds is 2. The average molecular weight is 148 g/mol. The Bertz CT molecular complexity index is 231. The van der Waals surface area contributed by atoms with Crippen LogP contribution in [0.2, 0.25) is 0 Å². The maximum Gasteiger partial charge on any atom is 0.224 e. The fourth-order valence-electron chi connectivity index (χ4n) is 0.720. The van der Waals surface area contributed by atoms with Crippen LogP contribution in [0.15, 0.2) is 24.3 Å². The average Bonchev–Trinajstić information content (AvgIpc) is 2.06. The summed E-state index contributed by atoms with van der Waals surface area (Å²) in [7, 11) is 0. The van der Waals surface area contributed by atoms with Gasteiger partial charge in [-0.2, -0.15) is 0 Å². The van der Waals surface area contributed by atoms with E-state index in [1.807, 2.05) is 19.1 Å². The monoisotopic (exact) mass is 148 g/mol. The van der Waals surface area contributed by atoms with Crippen LogP contribution in [0.1, 0.15) is 13.3 Å². The largest absolute Gasteiger partial charge is 0.326 e. The van der Waals surface area contributed by atoms with Gasteiger partial charge in [-0.15, -0.1) is 0 Å². The fraction of sp³-hybridized carbons (Fsp3) is 0.222. The zero-order valence-corrected chi connectivity index (χ0v) is 6.42. The van der Waals surface area contributed by atoms with Gasteiger partial charge in [0.1, 0.15) is 0 Å². The second-order valence-electron chi connectivity index (χ2n) is 2.19. The van der Waals surface area contributed by atoms with Crippen LogP contribution in [0.3, 0.4) is 0 Å². The predicted octanol–water partition coefficient (Wildman–Crippen LogP) is 1.84. The molecule has 57 valence electrons. The number of carbonyl (C=O) groups excluding carboxylic acids is 1. The van der Waals surface area contributed by atoms with Gasteiger partial charge >= 0.3 is 0 Å². The van der Waals surface area contributed by atoms with Crippen LogP contribution >= 0.6 is 0 Å². The molecule has 2 heteroatoms. The van der Waals surface area contributed by atoms with Crippen LogP contribution in [0.5, 0.6) is 0 Å². The van der Waals surface area contributed by atoms with Crippen molar-refractivity contribution in [1.82, 2.24) is 0 Å². The van der Waals surface area contributed by atoms with Crippen molar-refractivity contribution in [2.24, 2.45) is 0 Å². The lowest BCUT2D eigenvalue weighted by Crippen LogP contribution is -2.08. The Kier molecular flexibility index (Phi) is 2.66. The van der Waals surface area contributed by atoms with Gasteiger partial charge in [-0.1, -0.05) is 19.1 Å². The minimum atomic E-state index is 0.0320. The third-order valence-corrected chi connectivity index (χ3v) is 1.31. The Labute approximate surface area is 66.2 Å². The van der Waals surface area contributed by atoms with Crippen molar-refractivity contribution in [3.8, 4) is 0 Å². The number of amides is 1. The van der Waals surface area contributed by atoms with Crippen LogP contribution in [0.25, 0.3) is 0 Å². The summed E-state index contributed by atoms with van der Waals surface area (Å²) < 4.78 is 0. The minimum Gasteiger partial charge on any atom is -0.326 e. The summed E-state index contributed by atoms with van der Waals surface area (Å²) in [6.07, 6.45) is 0.509. The highest BCUT2D eigenvalue weighted by molar-refractivity contribution is 5.90. The van der Waals surface area contributed by atoms with E-state index in [2.05, 4.69) is 11.4 Å². The van der Waals surface area contributed by atoms with E-state index in [0.29, 0.717) is 6.42 Å². The van der Waals surface area contributed by atoms with E-state index < -0.39 is 0 Å². The molecule has 1 radical (unpaired) electrons. The number of nitrogens with one attached hydrogen (secondary N) is 1. The predicted molar refractivity (Wildman–Crippen MR) is 44.2 cm³/mol. The molecule has 0 saturated heterocycles. The van der Waals surface area contributed by atoms with Crippen molar-refractivity contribution in [2.75, 3.05) is 5.32 Å². The van der Waals surface area contributed by atoms with E-state index in [9.17, 15) is 4.79 Å². The van der Waals surface area contributed by atoms with E-state index >= 15 is 0 Å². The van der Waals surface area contributed by atoms with Gasteiger partial charge in [-0.25, -0.2) is 0 Å². The highest BCUT2D eigenvalue weighted by Gasteiger charge is 1.95. The van der Waals surface area contributed by atoms with Crippen molar-refractivity contribution in [3.05, 3.63) is 30.3 Å². The first kappa shape index (κ1) is 7.79. The van der Waals surface area contributed by atoms with Crippen LogP contribution in [0.4, 0.5) is 5.69 Å². The van der Waals surface area contributed by atoms with Gasteiger partial charge in [0, 0.05) is 12.1 Å². The summed E-state index contributed by atoms with van der Waals surface area (Å²) in [5.41, 5.74) is 0.805. The van der Waals surface area contributed by atoms with E-state index in [1.165, 1.54) is 0 Å². The summed E-state index contributed by atoms with van der Waals surface area (Å²) in [5, 5.41) is 2.72. The third kappa shape index (κ3) is 2.42. The number of carbonyl (C=O) groups is 1. The molecule has 1 aromatic carbocycles. The molecule has 11 heavy (non-hydrogen) atoms. The van der Waals surface area contributed by atoms with Gasteiger partial charge < -0.3 is 5.32 Å². The molecule has 0 unspecified atom stereocenters. The smallest absolute Gasteiger partial charge is 0.224 e. The maximum atomic E-state index is 10.9. The van der Waals surface area contributed by atoms with Crippen molar-refractivity contribution >= 4 is 11.6 Å². The number of hydrogen-bond donors (Lipinski definition) is 1. The first-order valence-corrected chi connectivity index (χ1v) is 3.59. The molecule has 0 saturated carbocycles. The quantitative estimate of drug-likeness (QED) is 0.681. The van der Waals surface area contributed by atoms with Crippen LogP contribution < -0.4 is 5.32 Å². The molecule has 0 heterocycles. The second kappa shape index (κ2) is 3.76. The lowest BCUT2D eigenvalue weighted by Gasteiger charge is -2.00. The molecule has 0 spiro atoms. The van der Waals surface area contributed by atoms with Crippen molar-refractivity contribution in [1.29, 1.82) is 0 Å². The third-order valence-electron chi connectivity index (χ3n) is 1.31. The first-order chi connectivity index (χ1) is 5.33. The number of hydrogen-bond acceptors (Lipinski definition) is 1. The van der Waals surface area contributed by atoms with Gasteiger partial charge in [-0.3, -0.25) is 4.79 Å². The maximum absolute atomic E-state index is 10.9. The fourth-order valence-corrected chi connectivity index (χ4v) is 0.720. The topological polar surface area (TPSA) is 29.1 Å². The molecule has 1 rings (SSSR count). The standard InChI is InChI=1S/C9H10NO/c1-2-9(11)10-8-6-4-3-5-7-8/h3-4,6-7H,2H2,1H3,(H,10,11). The van der Waals surface area contributed by atoms with Gasteiger partial charge in [0.15, 0.2) is 0 Å². The van der Waals surface area contributed by atoms with Gasteiger partial charge in [0.25, 0.3) is 0 Å². The summed E-state index contributed by atoms with van der Waals surface area (Å²) >= 11 is 0. The second-order valence-corrected chi connectivity index (χ2v) is 2.19. The molecule has 0 aliphatic rings. The molecule has 1 aromatic rings. The zero-order chi connectivity index (χ0) is 8.10. The number of anilines is 1. The summed E-state index contributed by atoms with van der Waals surface area (Å²) in [4.78, 5) is 10.9. The van der Waals surface area contributed by atoms with E-state index in [1.54, 1.807) is 12.1 Å². The van der Waals surface area contributed by atoms with Crippen LogP contribution in [-0.2, 0) is 4.79 Å². The van der Waals surface area contributed by atoms with E-state index in [0.717, 1.165) is 5.69 Å². The highest BCUT2D eigenvalue weighted by Crippen LogP contribution is 2.04. The lowest BCUT2D eigenvalue weighted by atomic mass is 10.3. The molecular weight excluding hydrogens is 138 g/mol. The molecule has 0 bridgehead atoms. The molecule has 0 aliphatic heterocycles. The molecule has 0 fully saturated rings. The van der Waals surface area contributed by atoms with Crippen molar-refractivity contribution < 1.29 is 4.79 Å². The van der Waals surface area contributed by atoms with Gasteiger partial charge in [0.2, 0.25) is 5.91 Å². The van der Waals surface area contributed by atoms with Crippen molar-refractivity contribution in [2.45, 2.75) is 13.3 Å². The van der Waals surface area contributed by atoms with Crippen LogP contribution in [-0.4, -0.2) is 5.91 Å². The summed E-state index contributed by atoms with van der Waals surface area (Å²) in [5.74, 6) is 0.0320. The molecule has 0 aliphatic carbocycles. The molecule has 1 N–H and O–H groups in total. The normalized spacial score (nSPS) is 9.18. The van der Waals surface area contributed by atoms with Crippen molar-refractivity contribution in [3.63, 3.8) is 0 Å². The lowest BCUT2D eigenvalue weighted by molar-refractivity contribution is -0.115. The molecular formula is C9H10NO. The molecule has 0 aromatic heterocycles.